The summed E-state index contributed by atoms with van der Waals surface area (Å²) < 4.78 is 35.1. The van der Waals surface area contributed by atoms with Crippen LogP contribution in [0.2, 0.25) is 0 Å². The number of aromatic amines is 5. The maximum atomic E-state index is 12.2. The molecule has 10 heterocycles. The molecule has 0 spiro atoms. The zero-order chi connectivity index (χ0) is 90.3. The molecule has 124 heavy (non-hydrogen) atoms. The Labute approximate surface area is 727 Å². The zero-order valence-electron chi connectivity index (χ0n) is 71.3. The van der Waals surface area contributed by atoms with E-state index in [1.807, 2.05) is 13.8 Å². The number of H-pyrrole nitrogens is 5. The number of hydrogen-bond acceptors (Lipinski definition) is 25. The Hall–Kier alpha value is -6.22. The van der Waals surface area contributed by atoms with Crippen molar-refractivity contribution in [2.75, 3.05) is 97.5 Å². The van der Waals surface area contributed by atoms with E-state index in [4.69, 9.17) is 23.7 Å². The fourth-order valence-electron chi connectivity index (χ4n) is 13.9. The molecule has 40 heteroatoms. The van der Waals surface area contributed by atoms with Crippen molar-refractivity contribution >= 4 is 65.9 Å². The van der Waals surface area contributed by atoms with Crippen molar-refractivity contribution in [3.8, 4) is 0 Å². The summed E-state index contributed by atoms with van der Waals surface area (Å²) >= 11 is 0. The van der Waals surface area contributed by atoms with Gasteiger partial charge in [-0.15, -0.1) is 79.1 Å². The Morgan fingerprint density at radius 1 is 0.347 bits per heavy atom. The highest BCUT2D eigenvalue weighted by Gasteiger charge is 2.49. The summed E-state index contributed by atoms with van der Waals surface area (Å²) in [6, 6.07) is 0. The fraction of sp³-hybridized carbons (Fsp3) is 0.655. The Balaban J connectivity index is 0.000000521. The minimum Gasteiger partial charge on any atom is -0.388 e. The summed E-state index contributed by atoms with van der Waals surface area (Å²) in [6.07, 6.45) is 21.6. The molecule has 0 aliphatic carbocycles. The quantitative estimate of drug-likeness (QED) is 0.0232. The number of nitrogens with one attached hydrogen (secondary N) is 5. The molecule has 5 aliphatic heterocycles. The van der Waals surface area contributed by atoms with E-state index in [2.05, 4.69) is 136 Å². The number of allylic oxidation sites excluding steroid dienone is 2. The van der Waals surface area contributed by atoms with Gasteiger partial charge in [0.1, 0.15) is 79.4 Å². The first-order valence-corrected chi connectivity index (χ1v) is 55.3. The highest BCUT2D eigenvalue weighted by atomic mass is 31.2. The van der Waals surface area contributed by atoms with E-state index < -0.39 is 213 Å². The van der Waals surface area contributed by atoms with Crippen LogP contribution in [0.5, 0.6) is 0 Å². The molecular weight excluding hydrogens is 1700 g/mol. The van der Waals surface area contributed by atoms with Crippen LogP contribution in [0.1, 0.15) is 160 Å². The molecule has 0 bridgehead atoms. The van der Waals surface area contributed by atoms with Gasteiger partial charge in [-0.2, -0.15) is 0 Å². The second-order valence-corrected chi connectivity index (χ2v) is 56.3. The van der Waals surface area contributed by atoms with Crippen LogP contribution in [0.25, 0.3) is 0 Å². The molecule has 5 aliphatic rings. The molecule has 0 radical (unpaired) electrons. The highest BCUT2D eigenvalue weighted by Crippen LogP contribution is 2.45. The number of aromatic nitrogens is 10. The molecule has 5 aromatic heterocycles. The van der Waals surface area contributed by atoms with E-state index in [-0.39, 0.29) is 52.9 Å². The number of ether oxygens (including phenoxy) is 5. The first-order chi connectivity index (χ1) is 55.7. The summed E-state index contributed by atoms with van der Waals surface area (Å²) in [5, 5.41) is 103. The van der Waals surface area contributed by atoms with Crippen molar-refractivity contribution in [1.82, 2.24) is 47.8 Å². The number of aliphatic hydroxyl groups excluding tert-OH is 10. The van der Waals surface area contributed by atoms with Crippen LogP contribution in [-0.2, 0) is 56.2 Å². The Kier molecular flexibility index (Phi) is 45.0. The van der Waals surface area contributed by atoms with E-state index in [0.29, 0.717) is 75.6 Å². The smallest absolute Gasteiger partial charge is 0.330 e. The lowest BCUT2D eigenvalue weighted by atomic mass is 10.0. The number of nitrogens with zero attached hydrogens (tertiary/aromatic N) is 5. The van der Waals surface area contributed by atoms with Crippen molar-refractivity contribution in [3.63, 3.8) is 0 Å². The van der Waals surface area contributed by atoms with Crippen molar-refractivity contribution in [2.24, 2.45) is 0 Å². The number of aliphatic hydroxyl groups is 10. The largest absolute Gasteiger partial charge is 0.388 e. The summed E-state index contributed by atoms with van der Waals surface area (Å²) in [5.74, 6) is 0. The van der Waals surface area contributed by atoms with Gasteiger partial charge in [-0.1, -0.05) is 69.1 Å². The van der Waals surface area contributed by atoms with E-state index in [0.717, 1.165) is 48.2 Å². The number of hydrogen-bond donors (Lipinski definition) is 15. The summed E-state index contributed by atoms with van der Waals surface area (Å²) in [7, 11) is 0. The van der Waals surface area contributed by atoms with Crippen LogP contribution in [-0.4, -0.2) is 319 Å². The van der Waals surface area contributed by atoms with Crippen LogP contribution in [0, 0.1) is 0 Å². The van der Waals surface area contributed by atoms with Gasteiger partial charge in [0.15, 0.2) is 12.5 Å². The molecule has 15 N–H and O–H groups in total. The van der Waals surface area contributed by atoms with Crippen molar-refractivity contribution in [1.29, 1.82) is 0 Å². The van der Waals surface area contributed by atoms with Gasteiger partial charge < -0.3 is 79.3 Å². The normalized spacial score (nSPS) is 26.6. The van der Waals surface area contributed by atoms with E-state index in [1.54, 1.807) is 13.0 Å². The van der Waals surface area contributed by atoms with Gasteiger partial charge in [-0.25, -0.2) is 24.0 Å². The van der Waals surface area contributed by atoms with Gasteiger partial charge in [-0.3, -0.25) is 67.2 Å². The highest BCUT2D eigenvalue weighted by molar-refractivity contribution is 7.73. The summed E-state index contributed by atoms with van der Waals surface area (Å²) in [6.45, 7) is 28.3. The minimum absolute atomic E-state index is 0. The molecule has 5 saturated heterocycles. The predicted octanol–water partition coefficient (Wildman–Crippen LogP) is 3.13. The maximum absolute atomic E-state index is 12.2. The monoisotopic (exact) mass is 1850 g/mol. The third-order valence-electron chi connectivity index (χ3n) is 20.8. The Morgan fingerprint density at radius 3 is 0.911 bits per heavy atom. The molecule has 708 valence electrons. The molecular formula is C84H147N10O25P5. The molecule has 5 fully saturated rings. The minimum atomic E-state index is -1.29. The van der Waals surface area contributed by atoms with Crippen LogP contribution >= 0.6 is 34.4 Å². The standard InChI is InChI=1S/C17H27N2O5P.C16H27N2O5P.C16H25N2O5P.C16H27N2O5P.C15H25N2O5P.4CH4/c1-5-6-8-19-10-11(16(22)18-17(19)23)15-14(21)13(20)12(24-15)7-9-25(2,3)4;2*1-5-7-18-9-10(15(21)17-16(18)22)14-13(20)12(19)11(23-14)6-8-24(2,3)4;1-5-6-10-9-18(16(22)17-14(10)21)15-13(20)12(19)11(23-15)7-8-24(2,3)4;1-5-9-8-17(15(21)16-13(9)20)14-12(19)11(18)10(22-14)6-7-23(2,3)4;;;;/h5,10,12-15,20-21H,1-2,6-9H2,3-4H3,(H,18,22,23);9,11-14,19-20H,2,5-8H2,1,3-4H3,(H,17,21,22);5,9,11-14,19-20H,1-2,6-8H2,3-4H3,(H,17,21,22);9,11-13,15,19-20H,2,5-8H2,1,3-4H3,(H,17,21,22);8,10-12,14,18-19H,2,5-7H2,1,3-4H3,(H,16,20,21);4*1H4/t12-,13-,14-,15?;2*11-,12-,13-,14?;11-,12-,13-,15?;10-,11-,12-,14?;;;;/m11111..../s1. The lowest BCUT2D eigenvalue weighted by Gasteiger charge is -2.19. The van der Waals surface area contributed by atoms with Crippen LogP contribution in [0.4, 0.5) is 0 Å². The van der Waals surface area contributed by atoms with E-state index >= 15 is 0 Å². The first kappa shape index (κ1) is 114. The van der Waals surface area contributed by atoms with E-state index in [1.165, 1.54) is 55.3 Å². The molecule has 5 unspecified atom stereocenters. The molecule has 5 aromatic rings. The van der Waals surface area contributed by atoms with Crippen molar-refractivity contribution < 1.29 is 74.7 Å². The predicted molar refractivity (Wildman–Crippen MR) is 510 cm³/mol. The summed E-state index contributed by atoms with van der Waals surface area (Å²) in [5.41, 5.74) is -4.27. The third kappa shape index (κ3) is 31.9. The first-order valence-electron chi connectivity index (χ1n) is 40.1. The van der Waals surface area contributed by atoms with Crippen LogP contribution in [0.3, 0.4) is 0 Å². The average Bonchev–Trinajstić information content (AvgIpc) is 1.65. The maximum Gasteiger partial charge on any atom is 0.330 e. The molecule has 0 amide bonds. The Morgan fingerprint density at radius 2 is 0.621 bits per heavy atom. The van der Waals surface area contributed by atoms with Gasteiger partial charge in [0.05, 0.1) is 47.2 Å². The topological polar surface area (TPSA) is 523 Å². The van der Waals surface area contributed by atoms with Gasteiger partial charge in [0.25, 0.3) is 27.8 Å². The zero-order valence-corrected chi connectivity index (χ0v) is 75.8. The van der Waals surface area contributed by atoms with Gasteiger partial charge in [0, 0.05) is 61.7 Å². The Bertz CT molecular complexity index is 5080. The van der Waals surface area contributed by atoms with Crippen LogP contribution < -0.4 is 56.2 Å². The van der Waals surface area contributed by atoms with E-state index in [9.17, 15) is 99.0 Å². The average molecular weight is 1850 g/mol. The molecule has 0 saturated carbocycles. The molecule has 20 atom stereocenters. The second kappa shape index (κ2) is 49.0. The van der Waals surface area contributed by atoms with Gasteiger partial charge >= 0.3 is 28.4 Å². The number of aryl methyl sites for hydroxylation is 4. The third-order valence-corrected chi connectivity index (χ3v) is 28.1. The summed E-state index contributed by atoms with van der Waals surface area (Å²) in [4.78, 5) is 130. The van der Waals surface area contributed by atoms with Crippen LogP contribution in [0.15, 0.2) is 104 Å². The van der Waals surface area contributed by atoms with Gasteiger partial charge in [-0.05, 0) is 155 Å². The van der Waals surface area contributed by atoms with Crippen molar-refractivity contribution in [2.45, 2.75) is 257 Å². The van der Waals surface area contributed by atoms with Crippen molar-refractivity contribution in [3.05, 3.63) is 188 Å². The number of rotatable bonds is 30. The van der Waals surface area contributed by atoms with Gasteiger partial charge in [0.2, 0.25) is 0 Å². The molecule has 35 nitrogen and oxygen atoms in total. The SMILES string of the molecule is C.C.C.C.C=CCCn1cc(C2O[C@H](CCP(=C)(C)C)[C@@H](O)[C@H]2O)c(=O)[nH]c1=O.C=CCn1cc(C2O[C@H](CCP(=C)(C)C)[C@@H](O)[C@H]2O)c(=O)[nH]c1=O.C=P(C)(C)CC[C@H]1OC(c2cn(CCC)c(=O)[nH]c2=O)[C@H](O)[C@@H]1O.C=P(C)(C)CC[C@H]1OC(n2cc(CC)c(=O)[nH]c2=O)[C@H](O)[C@@H]1O.C=P(C)(C)CC[C@H]1OC(n2cc(CCC)c(=O)[nH]c2=O)[C@H](O)[C@@H]1O. The molecule has 10 rings (SSSR count). The fourth-order valence-corrected chi connectivity index (χ4v) is 18.7. The lowest BCUT2D eigenvalue weighted by molar-refractivity contribution is -0.0404. The lowest BCUT2D eigenvalue weighted by Crippen LogP contribution is -2.38. The molecule has 0 aromatic carbocycles. The second-order valence-electron chi connectivity index (χ2n) is 34.7.